The maximum Gasteiger partial charge on any atom is 0.411 e. The van der Waals surface area contributed by atoms with Crippen LogP contribution in [0.4, 0.5) is 13.2 Å². The van der Waals surface area contributed by atoms with Crippen molar-refractivity contribution in [3.63, 3.8) is 0 Å². The second-order valence-electron chi connectivity index (χ2n) is 4.44. The predicted molar refractivity (Wildman–Crippen MR) is 78.7 cm³/mol. The lowest BCUT2D eigenvalue weighted by molar-refractivity contribution is -0.151. The zero-order valence-corrected chi connectivity index (χ0v) is 11.8. The fraction of sp³-hybridized carbons (Fsp3) is 0.250. The van der Waals surface area contributed by atoms with Gasteiger partial charge >= 0.3 is 6.18 Å². The number of allylic oxidation sites excluding steroid dienone is 5. The first kappa shape index (κ1) is 15.0. The van der Waals surface area contributed by atoms with Crippen molar-refractivity contribution >= 4 is 11.8 Å². The largest absolute Gasteiger partial charge is 0.411 e. The van der Waals surface area contributed by atoms with E-state index in [1.807, 2.05) is 6.08 Å². The van der Waals surface area contributed by atoms with Crippen LogP contribution in [0.15, 0.2) is 66.3 Å². The number of benzene rings is 1. The van der Waals surface area contributed by atoms with Crippen molar-refractivity contribution in [1.82, 2.24) is 0 Å². The molecule has 0 N–H and O–H groups in total. The average Bonchev–Trinajstić information content (AvgIpc) is 2.69. The van der Waals surface area contributed by atoms with E-state index in [-0.39, 0.29) is 11.1 Å². The molecule has 0 aromatic heterocycles. The Morgan fingerprint density at radius 2 is 1.75 bits per heavy atom. The Labute approximate surface area is 121 Å². The molecule has 0 radical (unpaired) electrons. The van der Waals surface area contributed by atoms with Crippen LogP contribution in [0.3, 0.4) is 0 Å². The quantitative estimate of drug-likeness (QED) is 0.734. The Hall–Kier alpha value is -1.42. The van der Waals surface area contributed by atoms with Crippen LogP contribution < -0.4 is 0 Å². The molecule has 20 heavy (non-hydrogen) atoms. The van der Waals surface area contributed by atoms with Gasteiger partial charge in [-0.25, -0.2) is 0 Å². The van der Waals surface area contributed by atoms with Crippen molar-refractivity contribution < 1.29 is 13.2 Å². The SMILES string of the molecule is CSC(C1=CC=CCC=C1)(c1ccccc1)C(F)(F)F. The molecule has 2 rings (SSSR count). The summed E-state index contributed by atoms with van der Waals surface area (Å²) in [6.45, 7) is 0. The van der Waals surface area contributed by atoms with Crippen molar-refractivity contribution in [3.05, 3.63) is 71.8 Å². The Balaban J connectivity index is 2.66. The number of hydrogen-bond donors (Lipinski definition) is 0. The van der Waals surface area contributed by atoms with E-state index in [1.54, 1.807) is 42.5 Å². The topological polar surface area (TPSA) is 0 Å². The van der Waals surface area contributed by atoms with Gasteiger partial charge in [0.15, 0.2) is 4.75 Å². The van der Waals surface area contributed by atoms with Gasteiger partial charge in [0.2, 0.25) is 0 Å². The Bertz CT molecular complexity index is 541. The van der Waals surface area contributed by atoms with Gasteiger partial charge < -0.3 is 0 Å². The van der Waals surface area contributed by atoms with Gasteiger partial charge in [0.1, 0.15) is 0 Å². The summed E-state index contributed by atoms with van der Waals surface area (Å²) in [6, 6.07) is 8.08. The van der Waals surface area contributed by atoms with Gasteiger partial charge in [0, 0.05) is 0 Å². The van der Waals surface area contributed by atoms with Crippen LogP contribution in [0.25, 0.3) is 0 Å². The molecular formula is C16H15F3S. The van der Waals surface area contributed by atoms with Gasteiger partial charge in [0.05, 0.1) is 0 Å². The molecule has 1 aromatic carbocycles. The van der Waals surface area contributed by atoms with E-state index in [9.17, 15) is 13.2 Å². The molecule has 106 valence electrons. The predicted octanol–water partition coefficient (Wildman–Crippen LogP) is 5.25. The van der Waals surface area contributed by atoms with Crippen LogP contribution >= 0.6 is 11.8 Å². The molecule has 0 fully saturated rings. The number of alkyl halides is 3. The molecule has 0 heterocycles. The second-order valence-corrected chi connectivity index (χ2v) is 5.46. The standard InChI is InChI=1S/C16H15F3S/c1-20-15(16(17,18)19,14-11-7-4-8-12-14)13-9-5-2-3-6-10-13/h2,4-12H,3H2,1H3. The van der Waals surface area contributed by atoms with Crippen LogP contribution in [0.5, 0.6) is 0 Å². The summed E-state index contributed by atoms with van der Waals surface area (Å²) in [6.07, 6.45) is 6.21. The summed E-state index contributed by atoms with van der Waals surface area (Å²) in [7, 11) is 0. The van der Waals surface area contributed by atoms with Gasteiger partial charge in [-0.1, -0.05) is 60.7 Å². The minimum absolute atomic E-state index is 0.256. The van der Waals surface area contributed by atoms with Gasteiger partial charge in [-0.05, 0) is 23.8 Å². The fourth-order valence-electron chi connectivity index (χ4n) is 2.33. The Kier molecular flexibility index (Phi) is 4.43. The van der Waals surface area contributed by atoms with E-state index in [4.69, 9.17) is 0 Å². The van der Waals surface area contributed by atoms with Crippen molar-refractivity contribution in [2.75, 3.05) is 6.26 Å². The van der Waals surface area contributed by atoms with E-state index in [2.05, 4.69) is 0 Å². The van der Waals surface area contributed by atoms with Crippen molar-refractivity contribution in [2.24, 2.45) is 0 Å². The van der Waals surface area contributed by atoms with E-state index < -0.39 is 10.9 Å². The minimum Gasteiger partial charge on any atom is -0.169 e. The highest BCUT2D eigenvalue weighted by Gasteiger charge is 2.57. The number of rotatable bonds is 3. The third-order valence-corrected chi connectivity index (χ3v) is 4.59. The number of hydrogen-bond acceptors (Lipinski definition) is 1. The van der Waals surface area contributed by atoms with Gasteiger partial charge in [-0.3, -0.25) is 0 Å². The smallest absolute Gasteiger partial charge is 0.169 e. The third-order valence-electron chi connectivity index (χ3n) is 3.27. The van der Waals surface area contributed by atoms with Crippen LogP contribution in [0.1, 0.15) is 12.0 Å². The minimum atomic E-state index is -4.37. The molecule has 1 unspecified atom stereocenters. The molecule has 1 aromatic rings. The lowest BCUT2D eigenvalue weighted by Gasteiger charge is -2.36. The Morgan fingerprint density at radius 1 is 1.05 bits per heavy atom. The van der Waals surface area contributed by atoms with Crippen LogP contribution in [-0.2, 0) is 4.75 Å². The van der Waals surface area contributed by atoms with Gasteiger partial charge in [-0.2, -0.15) is 13.2 Å². The van der Waals surface area contributed by atoms with Crippen molar-refractivity contribution in [3.8, 4) is 0 Å². The third kappa shape index (κ3) is 2.57. The second kappa shape index (κ2) is 5.92. The molecule has 1 aliphatic carbocycles. The van der Waals surface area contributed by atoms with Crippen molar-refractivity contribution in [1.29, 1.82) is 0 Å². The molecule has 1 aliphatic rings. The molecule has 4 heteroatoms. The van der Waals surface area contributed by atoms with Gasteiger partial charge in [-0.15, -0.1) is 11.8 Å². The summed E-state index contributed by atoms with van der Waals surface area (Å²) in [5, 5.41) is 0. The number of halogens is 3. The number of thioether (sulfide) groups is 1. The molecular weight excluding hydrogens is 281 g/mol. The zero-order valence-electron chi connectivity index (χ0n) is 11.0. The first-order valence-corrected chi connectivity index (χ1v) is 7.46. The molecule has 0 aliphatic heterocycles. The molecule has 0 saturated carbocycles. The maximum absolute atomic E-state index is 13.9. The molecule has 0 nitrogen and oxygen atoms in total. The maximum atomic E-state index is 13.9. The zero-order chi connectivity index (χ0) is 14.6. The normalized spacial score (nSPS) is 18.3. The molecule has 0 bridgehead atoms. The van der Waals surface area contributed by atoms with E-state index in [0.717, 1.165) is 11.8 Å². The highest BCUT2D eigenvalue weighted by atomic mass is 32.2. The molecule has 1 atom stereocenters. The van der Waals surface area contributed by atoms with Crippen LogP contribution in [0, 0.1) is 0 Å². The lowest BCUT2D eigenvalue weighted by atomic mass is 9.88. The first-order chi connectivity index (χ1) is 9.52. The van der Waals surface area contributed by atoms with E-state index in [1.165, 1.54) is 18.4 Å². The van der Waals surface area contributed by atoms with E-state index >= 15 is 0 Å². The molecule has 0 spiro atoms. The van der Waals surface area contributed by atoms with E-state index in [0.29, 0.717) is 6.42 Å². The highest BCUT2D eigenvalue weighted by molar-refractivity contribution is 7.99. The summed E-state index contributed by atoms with van der Waals surface area (Å²) in [5.41, 5.74) is 0.517. The fourth-order valence-corrected chi connectivity index (χ4v) is 3.31. The highest BCUT2D eigenvalue weighted by Crippen LogP contribution is 2.54. The molecule has 0 saturated heterocycles. The van der Waals surface area contributed by atoms with Crippen molar-refractivity contribution in [2.45, 2.75) is 17.3 Å². The summed E-state index contributed by atoms with van der Waals surface area (Å²) < 4.78 is 39.5. The monoisotopic (exact) mass is 296 g/mol. The first-order valence-electron chi connectivity index (χ1n) is 6.23. The molecule has 0 amide bonds. The summed E-state index contributed by atoms with van der Waals surface area (Å²) >= 11 is 0.815. The average molecular weight is 296 g/mol. The van der Waals surface area contributed by atoms with Crippen LogP contribution in [0.2, 0.25) is 0 Å². The lowest BCUT2D eigenvalue weighted by Crippen LogP contribution is -2.40. The Morgan fingerprint density at radius 3 is 2.35 bits per heavy atom. The summed E-state index contributed by atoms with van der Waals surface area (Å²) in [4.78, 5) is 0. The summed E-state index contributed by atoms with van der Waals surface area (Å²) in [5.74, 6) is 0. The van der Waals surface area contributed by atoms with Crippen LogP contribution in [-0.4, -0.2) is 12.4 Å². The van der Waals surface area contributed by atoms with Gasteiger partial charge in [0.25, 0.3) is 0 Å².